The zero-order valence-corrected chi connectivity index (χ0v) is 21.9. The number of piperazine rings is 1. The standard InChI is InChI=1S/C22H23ClN6O3S3/c23-15-4-3-14-10-20(33-18(14)11-15)35(31,32)28-8-9-29(16(12-28)2-1-6-24)22(30)21-26-17-5-7-27(25)13-19(17)34-21/h3-4,10-11,16H,1-2,5,7-9,12-13,25H2. The fourth-order valence-electron chi connectivity index (χ4n) is 4.46. The van der Waals surface area contributed by atoms with Crippen LogP contribution in [0.5, 0.6) is 0 Å². The van der Waals surface area contributed by atoms with Gasteiger partial charge in [0, 0.05) is 66.2 Å². The molecule has 0 aliphatic carbocycles. The zero-order chi connectivity index (χ0) is 24.7. The van der Waals surface area contributed by atoms with Crippen molar-refractivity contribution in [2.24, 2.45) is 5.84 Å². The van der Waals surface area contributed by atoms with Crippen LogP contribution in [0, 0.1) is 11.3 Å². The molecule has 1 saturated heterocycles. The molecule has 1 amide bonds. The van der Waals surface area contributed by atoms with Gasteiger partial charge in [-0.3, -0.25) is 10.6 Å². The Balaban J connectivity index is 1.38. The summed E-state index contributed by atoms with van der Waals surface area (Å²) in [6, 6.07) is 8.65. The van der Waals surface area contributed by atoms with Crippen molar-refractivity contribution in [3.05, 3.63) is 44.9 Å². The average molecular weight is 551 g/mol. The van der Waals surface area contributed by atoms with Crippen molar-refractivity contribution in [3.63, 3.8) is 0 Å². The van der Waals surface area contributed by atoms with Gasteiger partial charge in [0.2, 0.25) is 0 Å². The number of nitrogens with two attached hydrogens (primary N) is 1. The Morgan fingerprint density at radius 1 is 1.26 bits per heavy atom. The van der Waals surface area contributed by atoms with Gasteiger partial charge in [-0.05, 0) is 30.0 Å². The maximum Gasteiger partial charge on any atom is 0.283 e. The van der Waals surface area contributed by atoms with Gasteiger partial charge in [-0.15, -0.1) is 22.7 Å². The lowest BCUT2D eigenvalue weighted by Gasteiger charge is -2.40. The predicted molar refractivity (Wildman–Crippen MR) is 136 cm³/mol. The van der Waals surface area contributed by atoms with Gasteiger partial charge >= 0.3 is 0 Å². The van der Waals surface area contributed by atoms with Crippen molar-refractivity contribution in [2.75, 3.05) is 26.2 Å². The number of amides is 1. The van der Waals surface area contributed by atoms with Crippen LogP contribution >= 0.6 is 34.3 Å². The van der Waals surface area contributed by atoms with Crippen molar-refractivity contribution in [2.45, 2.75) is 36.1 Å². The number of fused-ring (bicyclic) bond motifs is 2. The second kappa shape index (κ2) is 9.74. The Bertz CT molecular complexity index is 1430. The molecule has 35 heavy (non-hydrogen) atoms. The van der Waals surface area contributed by atoms with Gasteiger partial charge in [-0.25, -0.2) is 18.4 Å². The zero-order valence-electron chi connectivity index (χ0n) is 18.7. The summed E-state index contributed by atoms with van der Waals surface area (Å²) in [6.45, 7) is 1.79. The second-order valence-corrected chi connectivity index (χ2v) is 13.3. The Kier molecular flexibility index (Phi) is 6.84. The van der Waals surface area contributed by atoms with Crippen LogP contribution in [0.3, 0.4) is 0 Å². The number of hydrogen-bond donors (Lipinski definition) is 1. The molecule has 1 aromatic carbocycles. The molecule has 2 aliphatic rings. The molecule has 1 fully saturated rings. The highest BCUT2D eigenvalue weighted by molar-refractivity contribution is 7.91. The highest BCUT2D eigenvalue weighted by Gasteiger charge is 2.38. The van der Waals surface area contributed by atoms with E-state index in [1.165, 1.54) is 27.0 Å². The molecule has 0 radical (unpaired) electrons. The summed E-state index contributed by atoms with van der Waals surface area (Å²) in [5, 5.41) is 12.6. The minimum Gasteiger partial charge on any atom is -0.331 e. The first-order valence-corrected chi connectivity index (χ1v) is 14.6. The first-order chi connectivity index (χ1) is 16.8. The summed E-state index contributed by atoms with van der Waals surface area (Å²) >= 11 is 8.59. The van der Waals surface area contributed by atoms with Crippen molar-refractivity contribution in [1.29, 1.82) is 5.26 Å². The number of thiophene rings is 1. The Hall–Kier alpha value is -2.11. The van der Waals surface area contributed by atoms with E-state index in [2.05, 4.69) is 11.1 Å². The summed E-state index contributed by atoms with van der Waals surface area (Å²) in [5.74, 6) is 5.69. The number of benzene rings is 1. The van der Waals surface area contributed by atoms with E-state index in [4.69, 9.17) is 22.7 Å². The van der Waals surface area contributed by atoms with E-state index in [0.717, 1.165) is 20.7 Å². The van der Waals surface area contributed by atoms with Gasteiger partial charge in [0.15, 0.2) is 5.01 Å². The summed E-state index contributed by atoms with van der Waals surface area (Å²) in [7, 11) is -3.76. The molecule has 184 valence electrons. The molecule has 1 unspecified atom stereocenters. The summed E-state index contributed by atoms with van der Waals surface area (Å²) < 4.78 is 29.4. The summed E-state index contributed by atoms with van der Waals surface area (Å²) in [6.07, 6.45) is 1.30. The number of nitriles is 1. The van der Waals surface area contributed by atoms with Crippen molar-refractivity contribution in [1.82, 2.24) is 19.2 Å². The molecule has 2 aliphatic heterocycles. The van der Waals surface area contributed by atoms with E-state index < -0.39 is 16.1 Å². The smallest absolute Gasteiger partial charge is 0.283 e. The van der Waals surface area contributed by atoms with Crippen molar-refractivity contribution < 1.29 is 13.2 Å². The number of hydrogen-bond acceptors (Lipinski definition) is 9. The van der Waals surface area contributed by atoms with Crippen LogP contribution in [-0.4, -0.2) is 65.7 Å². The number of nitrogens with zero attached hydrogens (tertiary/aromatic N) is 5. The molecule has 2 aromatic heterocycles. The van der Waals surface area contributed by atoms with Crippen LogP contribution < -0.4 is 5.84 Å². The lowest BCUT2D eigenvalue weighted by molar-refractivity contribution is 0.0553. The van der Waals surface area contributed by atoms with Gasteiger partial charge in [-0.1, -0.05) is 17.7 Å². The van der Waals surface area contributed by atoms with Crippen molar-refractivity contribution >= 4 is 60.3 Å². The minimum atomic E-state index is -3.76. The number of thiazole rings is 1. The van der Waals surface area contributed by atoms with Crippen LogP contribution in [0.1, 0.15) is 33.2 Å². The number of carbonyl (C=O) groups is 1. The largest absolute Gasteiger partial charge is 0.331 e. The monoisotopic (exact) mass is 550 g/mol. The fraction of sp³-hybridized carbons (Fsp3) is 0.409. The number of sulfonamides is 1. The maximum absolute atomic E-state index is 13.5. The fourth-order valence-corrected chi connectivity index (χ4v) is 8.84. The normalized spacial score (nSPS) is 19.6. The molecule has 4 heterocycles. The highest BCUT2D eigenvalue weighted by atomic mass is 35.5. The first kappa shape index (κ1) is 24.6. The van der Waals surface area contributed by atoms with Gasteiger partial charge < -0.3 is 4.90 Å². The number of hydrazine groups is 1. The maximum atomic E-state index is 13.5. The van der Waals surface area contributed by atoms with E-state index in [1.54, 1.807) is 34.2 Å². The SMILES string of the molecule is N#CCCC1CN(S(=O)(=O)c2cc3ccc(Cl)cc3s2)CCN1C(=O)c1nc2c(s1)CN(N)CC2. The van der Waals surface area contributed by atoms with Crippen LogP contribution in [0.15, 0.2) is 28.5 Å². The average Bonchev–Trinajstić information content (AvgIpc) is 3.46. The number of carbonyl (C=O) groups excluding carboxylic acids is 1. The quantitative estimate of drug-likeness (QED) is 0.484. The predicted octanol–water partition coefficient (Wildman–Crippen LogP) is 3.06. The van der Waals surface area contributed by atoms with Gasteiger partial charge in [-0.2, -0.15) is 9.57 Å². The van der Waals surface area contributed by atoms with E-state index in [9.17, 15) is 13.2 Å². The lowest BCUT2D eigenvalue weighted by atomic mass is 10.1. The number of halogens is 1. The van der Waals surface area contributed by atoms with Crippen LogP contribution in [0.2, 0.25) is 5.02 Å². The van der Waals surface area contributed by atoms with E-state index in [0.29, 0.717) is 36.0 Å². The number of aromatic nitrogens is 1. The molecule has 1 atom stereocenters. The third kappa shape index (κ3) is 4.82. The van der Waals surface area contributed by atoms with E-state index in [-0.39, 0.29) is 36.2 Å². The second-order valence-electron chi connectivity index (χ2n) is 8.57. The Morgan fingerprint density at radius 2 is 2.09 bits per heavy atom. The van der Waals surface area contributed by atoms with Crippen molar-refractivity contribution in [3.8, 4) is 6.07 Å². The summed E-state index contributed by atoms with van der Waals surface area (Å²) in [5.41, 5.74) is 0.903. The third-order valence-corrected chi connectivity index (χ3v) is 11.0. The summed E-state index contributed by atoms with van der Waals surface area (Å²) in [4.78, 5) is 20.6. The molecule has 2 N–H and O–H groups in total. The first-order valence-electron chi connectivity index (χ1n) is 11.1. The number of rotatable bonds is 5. The Labute approximate surface area is 216 Å². The topological polar surface area (TPSA) is 124 Å². The molecule has 0 bridgehead atoms. The third-order valence-electron chi connectivity index (χ3n) is 6.29. The molecule has 13 heteroatoms. The van der Waals surface area contributed by atoms with Gasteiger partial charge in [0.25, 0.3) is 15.9 Å². The lowest BCUT2D eigenvalue weighted by Crippen LogP contribution is -2.56. The molecule has 9 nitrogen and oxygen atoms in total. The van der Waals surface area contributed by atoms with Gasteiger partial charge in [0.05, 0.1) is 11.8 Å². The molecule has 5 rings (SSSR count). The molecular weight excluding hydrogens is 528 g/mol. The van der Waals surface area contributed by atoms with E-state index >= 15 is 0 Å². The highest BCUT2D eigenvalue weighted by Crippen LogP contribution is 2.34. The molecule has 3 aromatic rings. The molecule has 0 spiro atoms. The Morgan fingerprint density at radius 3 is 2.89 bits per heavy atom. The minimum absolute atomic E-state index is 0.131. The molecular formula is C22H23ClN6O3S3. The molecule has 0 saturated carbocycles. The van der Waals surface area contributed by atoms with E-state index in [1.807, 2.05) is 0 Å². The van der Waals surface area contributed by atoms with Crippen LogP contribution in [0.25, 0.3) is 10.1 Å². The van der Waals surface area contributed by atoms with Crippen LogP contribution in [-0.2, 0) is 23.0 Å². The van der Waals surface area contributed by atoms with Gasteiger partial charge in [0.1, 0.15) is 4.21 Å². The van der Waals surface area contributed by atoms with Crippen LogP contribution in [0.4, 0.5) is 0 Å².